The number of hydrogen-bond acceptors (Lipinski definition) is 3. The van der Waals surface area contributed by atoms with Gasteiger partial charge in [0.25, 0.3) is 0 Å². The van der Waals surface area contributed by atoms with Crippen LogP contribution in [0.2, 0.25) is 0 Å². The summed E-state index contributed by atoms with van der Waals surface area (Å²) in [4.78, 5) is 4.37. The maximum absolute atomic E-state index is 5.87. The molecular weight excluding hydrogens is 328 g/mol. The van der Waals surface area contributed by atoms with Crippen LogP contribution in [0.25, 0.3) is 22.1 Å². The highest BCUT2D eigenvalue weighted by molar-refractivity contribution is 9.10. The Hall–Kier alpha value is -1.65. The summed E-state index contributed by atoms with van der Waals surface area (Å²) in [7, 11) is 0. The molecule has 3 aromatic rings. The molecule has 1 N–H and O–H groups in total. The van der Waals surface area contributed by atoms with Crippen LogP contribution in [0, 0.1) is 0 Å². The minimum absolute atomic E-state index is 0.125. The first-order chi connectivity index (χ1) is 10.2. The summed E-state index contributed by atoms with van der Waals surface area (Å²) in [6, 6.07) is 12.7. The van der Waals surface area contributed by atoms with Gasteiger partial charge in [0.15, 0.2) is 5.76 Å². The van der Waals surface area contributed by atoms with Crippen LogP contribution in [0.1, 0.15) is 25.8 Å². The van der Waals surface area contributed by atoms with E-state index >= 15 is 0 Å². The first-order valence-corrected chi connectivity index (χ1v) is 7.85. The third kappa shape index (κ3) is 3.01. The zero-order valence-corrected chi connectivity index (χ0v) is 13.6. The summed E-state index contributed by atoms with van der Waals surface area (Å²) in [5.74, 6) is 1.53. The van der Waals surface area contributed by atoms with Crippen molar-refractivity contribution in [1.82, 2.24) is 10.3 Å². The van der Waals surface area contributed by atoms with Crippen molar-refractivity contribution in [2.24, 2.45) is 0 Å². The van der Waals surface area contributed by atoms with Gasteiger partial charge >= 0.3 is 0 Å². The summed E-state index contributed by atoms with van der Waals surface area (Å²) in [6.45, 7) is 5.02. The van der Waals surface area contributed by atoms with E-state index in [-0.39, 0.29) is 6.04 Å². The number of benzene rings is 2. The van der Waals surface area contributed by atoms with Crippen LogP contribution < -0.4 is 5.32 Å². The highest BCUT2D eigenvalue weighted by atomic mass is 79.9. The van der Waals surface area contributed by atoms with E-state index in [0.717, 1.165) is 28.2 Å². The maximum atomic E-state index is 5.87. The molecule has 0 radical (unpaired) electrons. The van der Waals surface area contributed by atoms with E-state index in [2.05, 4.69) is 70.4 Å². The number of nitrogens with zero attached hydrogens (tertiary/aromatic N) is 1. The van der Waals surface area contributed by atoms with Crippen LogP contribution >= 0.6 is 15.9 Å². The van der Waals surface area contributed by atoms with E-state index in [1.54, 1.807) is 6.20 Å². The Morgan fingerprint density at radius 1 is 1.19 bits per heavy atom. The standard InChI is InChI=1S/C17H17BrN2O/c1-3-19-11(2)17-20-10-16(21-17)14-5-4-13-9-15(18)7-6-12(13)8-14/h4-11,19H,3H2,1-2H3. The highest BCUT2D eigenvalue weighted by Crippen LogP contribution is 2.28. The normalized spacial score (nSPS) is 12.7. The lowest BCUT2D eigenvalue weighted by molar-refractivity contribution is 0.429. The average Bonchev–Trinajstić information content (AvgIpc) is 2.97. The molecule has 1 atom stereocenters. The number of oxazole rings is 1. The monoisotopic (exact) mass is 344 g/mol. The van der Waals surface area contributed by atoms with Gasteiger partial charge in [-0.3, -0.25) is 0 Å². The van der Waals surface area contributed by atoms with E-state index in [1.165, 1.54) is 10.8 Å². The summed E-state index contributed by atoms with van der Waals surface area (Å²) >= 11 is 3.49. The molecule has 0 saturated carbocycles. The van der Waals surface area contributed by atoms with Gasteiger partial charge in [0.05, 0.1) is 12.2 Å². The molecule has 0 spiro atoms. The summed E-state index contributed by atoms with van der Waals surface area (Å²) in [5.41, 5.74) is 1.05. The molecule has 1 heterocycles. The van der Waals surface area contributed by atoms with E-state index in [1.807, 2.05) is 6.07 Å². The second-order valence-corrected chi connectivity index (χ2v) is 5.96. The number of halogens is 1. The SMILES string of the molecule is CCNC(C)c1ncc(-c2ccc3cc(Br)ccc3c2)o1. The molecule has 0 amide bonds. The fourth-order valence-electron chi connectivity index (χ4n) is 2.38. The number of hydrogen-bond donors (Lipinski definition) is 1. The number of fused-ring (bicyclic) bond motifs is 1. The molecule has 0 saturated heterocycles. The lowest BCUT2D eigenvalue weighted by Gasteiger charge is -2.07. The van der Waals surface area contributed by atoms with Crippen molar-refractivity contribution >= 4 is 26.7 Å². The smallest absolute Gasteiger partial charge is 0.211 e. The van der Waals surface area contributed by atoms with Gasteiger partial charge in [-0.25, -0.2) is 4.98 Å². The van der Waals surface area contributed by atoms with Crippen molar-refractivity contribution in [3.63, 3.8) is 0 Å². The number of nitrogens with one attached hydrogen (secondary N) is 1. The van der Waals surface area contributed by atoms with Gasteiger partial charge in [-0.1, -0.05) is 41.1 Å². The molecule has 0 aliphatic carbocycles. The third-order valence-electron chi connectivity index (χ3n) is 3.49. The summed E-state index contributed by atoms with van der Waals surface area (Å²) in [5, 5.41) is 5.69. The molecular formula is C17H17BrN2O. The molecule has 0 fully saturated rings. The largest absolute Gasteiger partial charge is 0.439 e. The van der Waals surface area contributed by atoms with Crippen LogP contribution in [0.4, 0.5) is 0 Å². The molecule has 3 rings (SSSR count). The topological polar surface area (TPSA) is 38.1 Å². The van der Waals surface area contributed by atoms with Crippen LogP contribution in [0.5, 0.6) is 0 Å². The summed E-state index contributed by atoms with van der Waals surface area (Å²) < 4.78 is 6.96. The van der Waals surface area contributed by atoms with Gasteiger partial charge in [0.1, 0.15) is 0 Å². The molecule has 21 heavy (non-hydrogen) atoms. The molecule has 2 aromatic carbocycles. The van der Waals surface area contributed by atoms with Crippen molar-refractivity contribution in [2.45, 2.75) is 19.9 Å². The lowest BCUT2D eigenvalue weighted by atomic mass is 10.1. The minimum Gasteiger partial charge on any atom is -0.439 e. The van der Waals surface area contributed by atoms with Crippen molar-refractivity contribution in [3.05, 3.63) is 53.0 Å². The summed E-state index contributed by atoms with van der Waals surface area (Å²) in [6.07, 6.45) is 1.79. The van der Waals surface area contributed by atoms with Crippen molar-refractivity contribution < 1.29 is 4.42 Å². The van der Waals surface area contributed by atoms with Crippen molar-refractivity contribution in [2.75, 3.05) is 6.54 Å². The second kappa shape index (κ2) is 6.00. The molecule has 1 unspecified atom stereocenters. The van der Waals surface area contributed by atoms with Crippen LogP contribution in [0.3, 0.4) is 0 Å². The second-order valence-electron chi connectivity index (χ2n) is 5.05. The van der Waals surface area contributed by atoms with Gasteiger partial charge in [-0.2, -0.15) is 0 Å². The van der Waals surface area contributed by atoms with E-state index < -0.39 is 0 Å². The quantitative estimate of drug-likeness (QED) is 0.729. The Bertz CT molecular complexity index is 766. The predicted octanol–water partition coefficient (Wildman–Crippen LogP) is 4.93. The van der Waals surface area contributed by atoms with E-state index in [4.69, 9.17) is 4.42 Å². The fraction of sp³-hybridized carbons (Fsp3) is 0.235. The van der Waals surface area contributed by atoms with E-state index in [9.17, 15) is 0 Å². The molecule has 0 aliphatic heterocycles. The zero-order valence-electron chi connectivity index (χ0n) is 12.1. The molecule has 108 valence electrons. The molecule has 4 heteroatoms. The fourth-order valence-corrected chi connectivity index (χ4v) is 2.76. The molecule has 3 nitrogen and oxygen atoms in total. The molecule has 1 aromatic heterocycles. The van der Waals surface area contributed by atoms with Gasteiger partial charge in [-0.05, 0) is 42.4 Å². The number of rotatable bonds is 4. The Labute approximate surface area is 132 Å². The third-order valence-corrected chi connectivity index (χ3v) is 3.98. The zero-order chi connectivity index (χ0) is 14.8. The number of aromatic nitrogens is 1. The van der Waals surface area contributed by atoms with Crippen molar-refractivity contribution in [3.8, 4) is 11.3 Å². The lowest BCUT2D eigenvalue weighted by Crippen LogP contribution is -2.17. The van der Waals surface area contributed by atoms with Crippen LogP contribution in [0.15, 0.2) is 51.5 Å². The van der Waals surface area contributed by atoms with Gasteiger partial charge in [0, 0.05) is 10.0 Å². The van der Waals surface area contributed by atoms with Gasteiger partial charge < -0.3 is 9.73 Å². The van der Waals surface area contributed by atoms with E-state index in [0.29, 0.717) is 0 Å². The van der Waals surface area contributed by atoms with Gasteiger partial charge in [-0.15, -0.1) is 0 Å². The predicted molar refractivity (Wildman–Crippen MR) is 89.2 cm³/mol. The maximum Gasteiger partial charge on any atom is 0.211 e. The van der Waals surface area contributed by atoms with Crippen LogP contribution in [-0.4, -0.2) is 11.5 Å². The molecule has 0 bridgehead atoms. The molecule has 0 aliphatic rings. The average molecular weight is 345 g/mol. The Morgan fingerprint density at radius 2 is 1.95 bits per heavy atom. The van der Waals surface area contributed by atoms with Crippen LogP contribution in [-0.2, 0) is 0 Å². The first kappa shape index (κ1) is 14.3. The Balaban J connectivity index is 1.95. The van der Waals surface area contributed by atoms with Crippen molar-refractivity contribution in [1.29, 1.82) is 0 Å². The Kier molecular flexibility index (Phi) is 4.08. The minimum atomic E-state index is 0.125. The van der Waals surface area contributed by atoms with Gasteiger partial charge in [0.2, 0.25) is 5.89 Å². The first-order valence-electron chi connectivity index (χ1n) is 7.06. The highest BCUT2D eigenvalue weighted by Gasteiger charge is 2.12. The Morgan fingerprint density at radius 3 is 2.76 bits per heavy atom.